The minimum absolute atomic E-state index is 1.28. The Bertz CT molecular complexity index is 106. The highest BCUT2D eigenvalue weighted by Crippen LogP contribution is 2.13. The molecule has 0 bridgehead atoms. The summed E-state index contributed by atoms with van der Waals surface area (Å²) in [5.41, 5.74) is 0. The minimum Gasteiger partial charge on any atom is -0.325 e. The van der Waals surface area contributed by atoms with Gasteiger partial charge in [0.15, 0.2) is 0 Å². The molecule has 0 fully saturated rings. The molecule has 0 aromatic carbocycles. The number of hydrogen-bond donors (Lipinski definition) is 0. The van der Waals surface area contributed by atoms with Crippen molar-refractivity contribution in [3.8, 4) is 0 Å². The number of rotatable bonds is 4. The average Bonchev–Trinajstić information content (AvgIpc) is 2.07. The number of alkyl halides is 4. The molecule has 0 N–H and O–H groups in total. The largest absolute Gasteiger partial charge is 0.559 e. The van der Waals surface area contributed by atoms with Crippen molar-refractivity contribution in [1.29, 1.82) is 0 Å². The first-order valence-electron chi connectivity index (χ1n) is 4.85. The predicted molar refractivity (Wildman–Crippen MR) is 49.6 cm³/mol. The maximum absolute atomic E-state index is 9.69. The molecule has 0 aromatic heterocycles. The lowest BCUT2D eigenvalue weighted by Gasteiger charge is -2.34. The molecule has 88 valence electrons. The molecule has 0 spiro atoms. The van der Waals surface area contributed by atoms with Crippen LogP contribution in [0.1, 0.15) is 27.7 Å². The van der Waals surface area contributed by atoms with E-state index in [4.69, 9.17) is 0 Å². The monoisotopic (exact) mass is 218 g/mol. The van der Waals surface area contributed by atoms with Crippen molar-refractivity contribution < 1.29 is 22.0 Å². The molecule has 0 radical (unpaired) electrons. The lowest BCUT2D eigenvalue weighted by atomic mass is 10.3. The third-order valence-corrected chi connectivity index (χ3v) is 2.68. The van der Waals surface area contributed by atoms with Gasteiger partial charge in [-0.3, -0.25) is 0 Å². The molecular weight excluding hydrogens is 198 g/mol. The van der Waals surface area contributed by atoms with Crippen molar-refractivity contribution in [1.82, 2.24) is 0 Å². The van der Waals surface area contributed by atoms with E-state index >= 15 is 0 Å². The first-order valence-corrected chi connectivity index (χ1v) is 4.85. The van der Waals surface area contributed by atoms with E-state index < -0.39 is 6.43 Å². The molecule has 0 rings (SSSR count). The molecule has 0 aliphatic rings. The Morgan fingerprint density at radius 3 is 0.857 bits per heavy atom. The standard InChI is InChI=1S/C8H20N.CF4/c1-5-9(6-2,7-3)8-4;2-1(3,4)5/h5-8H2,1-4H3;/q+1;. The summed E-state index contributed by atoms with van der Waals surface area (Å²) in [5, 5.41) is 0. The zero-order valence-electron chi connectivity index (χ0n) is 9.29. The Morgan fingerprint density at radius 1 is 0.714 bits per heavy atom. The van der Waals surface area contributed by atoms with Crippen molar-refractivity contribution >= 4 is 0 Å². The first kappa shape index (κ1) is 16.1. The van der Waals surface area contributed by atoms with E-state index in [0.29, 0.717) is 0 Å². The van der Waals surface area contributed by atoms with E-state index in [1.54, 1.807) is 0 Å². The average molecular weight is 218 g/mol. The second-order valence-corrected chi connectivity index (χ2v) is 3.04. The second-order valence-electron chi connectivity index (χ2n) is 3.04. The number of quaternary nitrogens is 1. The lowest BCUT2D eigenvalue weighted by molar-refractivity contribution is -0.921. The van der Waals surface area contributed by atoms with Gasteiger partial charge in [-0.05, 0) is 27.7 Å². The Kier molecular flexibility index (Phi) is 8.10. The Morgan fingerprint density at radius 2 is 0.857 bits per heavy atom. The van der Waals surface area contributed by atoms with Crippen LogP contribution in [0.3, 0.4) is 0 Å². The predicted octanol–water partition coefficient (Wildman–Crippen LogP) is 3.36. The number of halogens is 4. The first-order chi connectivity index (χ1) is 6.24. The molecule has 0 aliphatic carbocycles. The van der Waals surface area contributed by atoms with Crippen molar-refractivity contribution in [2.24, 2.45) is 0 Å². The van der Waals surface area contributed by atoms with Crippen LogP contribution < -0.4 is 0 Å². The minimum atomic E-state index is -5.50. The quantitative estimate of drug-likeness (QED) is 0.501. The lowest BCUT2D eigenvalue weighted by Crippen LogP contribution is -2.47. The Labute approximate surface area is 83.3 Å². The van der Waals surface area contributed by atoms with Crippen LogP contribution >= 0.6 is 0 Å². The molecule has 5 heteroatoms. The molecule has 14 heavy (non-hydrogen) atoms. The molecule has 0 saturated carbocycles. The van der Waals surface area contributed by atoms with Gasteiger partial charge in [0.25, 0.3) is 0 Å². The van der Waals surface area contributed by atoms with Gasteiger partial charge in [-0.2, -0.15) is 0 Å². The van der Waals surface area contributed by atoms with Gasteiger partial charge in [0.1, 0.15) is 0 Å². The molecule has 0 heterocycles. The fourth-order valence-electron chi connectivity index (χ4n) is 1.34. The fourth-order valence-corrected chi connectivity index (χ4v) is 1.34. The highest BCUT2D eigenvalue weighted by Gasteiger charge is 2.24. The molecular formula is C9H20F4N+. The van der Waals surface area contributed by atoms with Gasteiger partial charge in [-0.25, -0.2) is 0 Å². The molecule has 0 saturated heterocycles. The van der Waals surface area contributed by atoms with Crippen LogP contribution in [-0.2, 0) is 0 Å². The van der Waals surface area contributed by atoms with E-state index in [9.17, 15) is 17.6 Å². The van der Waals surface area contributed by atoms with Crippen LogP contribution in [-0.4, -0.2) is 37.1 Å². The van der Waals surface area contributed by atoms with Gasteiger partial charge in [-0.15, -0.1) is 17.6 Å². The summed E-state index contributed by atoms with van der Waals surface area (Å²) in [7, 11) is 0. The maximum atomic E-state index is 9.69. The zero-order chi connectivity index (χ0) is 11.8. The summed E-state index contributed by atoms with van der Waals surface area (Å²) in [6.45, 7) is 14.2. The van der Waals surface area contributed by atoms with Gasteiger partial charge in [0.05, 0.1) is 26.2 Å². The van der Waals surface area contributed by atoms with Crippen LogP contribution in [0.4, 0.5) is 17.6 Å². The summed E-state index contributed by atoms with van der Waals surface area (Å²) >= 11 is 0. The molecule has 1 nitrogen and oxygen atoms in total. The summed E-state index contributed by atoms with van der Waals surface area (Å²) in [6.07, 6.45) is -5.50. The van der Waals surface area contributed by atoms with E-state index in [0.717, 1.165) is 0 Å². The van der Waals surface area contributed by atoms with Crippen molar-refractivity contribution in [2.75, 3.05) is 26.2 Å². The van der Waals surface area contributed by atoms with Crippen molar-refractivity contribution in [2.45, 2.75) is 34.1 Å². The summed E-state index contributed by atoms with van der Waals surface area (Å²) < 4.78 is 40.0. The van der Waals surface area contributed by atoms with Gasteiger partial charge < -0.3 is 4.48 Å². The van der Waals surface area contributed by atoms with Crippen LogP contribution in [0.15, 0.2) is 0 Å². The molecule has 0 unspecified atom stereocenters. The van der Waals surface area contributed by atoms with Crippen LogP contribution in [0.25, 0.3) is 0 Å². The maximum Gasteiger partial charge on any atom is 0.559 e. The summed E-state index contributed by atoms with van der Waals surface area (Å²) in [5.74, 6) is 0. The molecule has 0 amide bonds. The van der Waals surface area contributed by atoms with Gasteiger partial charge in [0.2, 0.25) is 0 Å². The topological polar surface area (TPSA) is 0 Å². The molecule has 0 aliphatic heterocycles. The van der Waals surface area contributed by atoms with Crippen LogP contribution in [0, 0.1) is 0 Å². The van der Waals surface area contributed by atoms with Crippen LogP contribution in [0.2, 0.25) is 0 Å². The van der Waals surface area contributed by atoms with Gasteiger partial charge >= 0.3 is 6.43 Å². The van der Waals surface area contributed by atoms with Gasteiger partial charge in [-0.1, -0.05) is 0 Å². The van der Waals surface area contributed by atoms with E-state index in [1.165, 1.54) is 30.7 Å². The number of nitrogens with zero attached hydrogens (tertiary/aromatic N) is 1. The Balaban J connectivity index is 0. The fraction of sp³-hybridized carbons (Fsp3) is 1.00. The van der Waals surface area contributed by atoms with Crippen molar-refractivity contribution in [3.63, 3.8) is 0 Å². The van der Waals surface area contributed by atoms with E-state index in [-0.39, 0.29) is 0 Å². The highest BCUT2D eigenvalue weighted by atomic mass is 19.5. The second kappa shape index (κ2) is 7.04. The summed E-state index contributed by atoms with van der Waals surface area (Å²) in [4.78, 5) is 0. The van der Waals surface area contributed by atoms with Crippen molar-refractivity contribution in [3.05, 3.63) is 0 Å². The van der Waals surface area contributed by atoms with Crippen LogP contribution in [0.5, 0.6) is 0 Å². The smallest absolute Gasteiger partial charge is 0.325 e. The third-order valence-electron chi connectivity index (χ3n) is 2.68. The highest BCUT2D eigenvalue weighted by molar-refractivity contribution is 4.31. The molecule has 0 atom stereocenters. The van der Waals surface area contributed by atoms with E-state index in [2.05, 4.69) is 27.7 Å². The molecule has 0 aromatic rings. The SMILES string of the molecule is CC[N+](CC)(CC)CC.FC(F)(F)F. The Hall–Kier alpha value is -0.320. The number of hydrogen-bond acceptors (Lipinski definition) is 0. The summed E-state index contributed by atoms with van der Waals surface area (Å²) in [6, 6.07) is 0. The third kappa shape index (κ3) is 9.77. The van der Waals surface area contributed by atoms with E-state index in [1.807, 2.05) is 0 Å². The zero-order valence-corrected chi connectivity index (χ0v) is 9.29. The normalized spacial score (nSPS) is 12.0. The van der Waals surface area contributed by atoms with Gasteiger partial charge in [0, 0.05) is 0 Å².